The topological polar surface area (TPSA) is 38.0 Å². The largest absolute Gasteiger partial charge is 0.271 e. The Bertz CT molecular complexity index is 605. The Morgan fingerprint density at radius 3 is 2.52 bits per heavy atom. The molecule has 0 spiro atoms. The van der Waals surface area contributed by atoms with Crippen LogP contribution in [0.5, 0.6) is 0 Å². The first-order valence-electron chi connectivity index (χ1n) is 6.93. The molecule has 3 N–H and O–H groups in total. The average Bonchev–Trinajstić information content (AvgIpc) is 2.41. The number of hydrogen-bond donors (Lipinski definition) is 2. The van der Waals surface area contributed by atoms with Crippen molar-refractivity contribution in [3.05, 3.63) is 64.5 Å². The zero-order valence-electron chi connectivity index (χ0n) is 12.6. The van der Waals surface area contributed by atoms with E-state index >= 15 is 0 Å². The van der Waals surface area contributed by atoms with Gasteiger partial charge in [-0.15, -0.1) is 11.8 Å². The van der Waals surface area contributed by atoms with Crippen LogP contribution in [0.25, 0.3) is 0 Å². The number of halogens is 1. The highest BCUT2D eigenvalue weighted by molar-refractivity contribution is 7.99. The van der Waals surface area contributed by atoms with Crippen molar-refractivity contribution in [2.24, 2.45) is 5.84 Å². The van der Waals surface area contributed by atoms with Crippen molar-refractivity contribution in [3.8, 4) is 0 Å². The summed E-state index contributed by atoms with van der Waals surface area (Å²) in [6.07, 6.45) is 0. The summed E-state index contributed by atoms with van der Waals surface area (Å²) in [5.41, 5.74) is 6.47. The predicted octanol–water partition coefficient (Wildman–Crippen LogP) is 4.05. The van der Waals surface area contributed by atoms with E-state index in [1.807, 2.05) is 26.0 Å². The van der Waals surface area contributed by atoms with Crippen LogP contribution in [-0.4, -0.2) is 5.75 Å². The lowest BCUT2D eigenvalue weighted by molar-refractivity contribution is 0.542. The molecule has 0 saturated carbocycles. The predicted molar refractivity (Wildman–Crippen MR) is 87.8 cm³/mol. The Labute approximate surface area is 129 Å². The molecule has 1 atom stereocenters. The normalized spacial score (nSPS) is 12.4. The first kappa shape index (κ1) is 16.0. The Kier molecular flexibility index (Phi) is 5.39. The van der Waals surface area contributed by atoms with Crippen molar-refractivity contribution in [1.82, 2.24) is 5.43 Å². The van der Waals surface area contributed by atoms with Crippen LogP contribution in [0.3, 0.4) is 0 Å². The minimum absolute atomic E-state index is 0.194. The molecule has 0 bridgehead atoms. The minimum Gasteiger partial charge on any atom is -0.271 e. The zero-order valence-corrected chi connectivity index (χ0v) is 13.4. The molecule has 4 heteroatoms. The van der Waals surface area contributed by atoms with Gasteiger partial charge in [-0.3, -0.25) is 11.3 Å². The number of nitrogens with one attached hydrogen (secondary N) is 1. The smallest absolute Gasteiger partial charge is 0.128 e. The van der Waals surface area contributed by atoms with E-state index < -0.39 is 0 Å². The van der Waals surface area contributed by atoms with E-state index in [4.69, 9.17) is 5.84 Å². The molecule has 112 valence electrons. The van der Waals surface area contributed by atoms with Crippen molar-refractivity contribution in [2.75, 3.05) is 5.75 Å². The Morgan fingerprint density at radius 2 is 1.90 bits per heavy atom. The molecule has 0 amide bonds. The second-order valence-corrected chi connectivity index (χ2v) is 6.42. The van der Waals surface area contributed by atoms with E-state index in [0.29, 0.717) is 11.3 Å². The highest BCUT2D eigenvalue weighted by Gasteiger charge is 2.17. The number of nitrogens with two attached hydrogens (primary N) is 1. The van der Waals surface area contributed by atoms with Gasteiger partial charge in [0, 0.05) is 16.2 Å². The van der Waals surface area contributed by atoms with Crippen molar-refractivity contribution in [2.45, 2.75) is 31.7 Å². The number of aryl methyl sites for hydroxylation is 3. The van der Waals surface area contributed by atoms with Gasteiger partial charge in [0.05, 0.1) is 6.04 Å². The molecule has 0 aliphatic carbocycles. The molecule has 0 aliphatic heterocycles. The van der Waals surface area contributed by atoms with Crippen LogP contribution in [0, 0.1) is 26.6 Å². The summed E-state index contributed by atoms with van der Waals surface area (Å²) in [5, 5.41) is 0. The fourth-order valence-electron chi connectivity index (χ4n) is 2.47. The van der Waals surface area contributed by atoms with Crippen molar-refractivity contribution in [1.29, 1.82) is 0 Å². The van der Waals surface area contributed by atoms with E-state index in [2.05, 4.69) is 30.5 Å². The van der Waals surface area contributed by atoms with Crippen molar-refractivity contribution in [3.63, 3.8) is 0 Å². The van der Waals surface area contributed by atoms with Crippen molar-refractivity contribution >= 4 is 11.8 Å². The summed E-state index contributed by atoms with van der Waals surface area (Å²) >= 11 is 1.67. The van der Waals surface area contributed by atoms with E-state index in [0.717, 1.165) is 11.1 Å². The summed E-state index contributed by atoms with van der Waals surface area (Å²) in [4.78, 5) is 1.17. The fraction of sp³-hybridized carbons (Fsp3) is 0.294. The first-order valence-corrected chi connectivity index (χ1v) is 7.92. The number of hydrogen-bond acceptors (Lipinski definition) is 3. The number of rotatable bonds is 5. The van der Waals surface area contributed by atoms with Gasteiger partial charge in [0.25, 0.3) is 0 Å². The fourth-order valence-corrected chi connectivity index (χ4v) is 3.53. The highest BCUT2D eigenvalue weighted by Crippen LogP contribution is 2.28. The van der Waals surface area contributed by atoms with Gasteiger partial charge in [-0.05, 0) is 50.1 Å². The van der Waals surface area contributed by atoms with Crippen molar-refractivity contribution < 1.29 is 4.39 Å². The number of benzene rings is 2. The summed E-state index contributed by atoms with van der Waals surface area (Å²) in [5.74, 6) is 6.13. The maximum absolute atomic E-state index is 14.2. The van der Waals surface area contributed by atoms with Gasteiger partial charge in [-0.1, -0.05) is 23.8 Å². The third kappa shape index (κ3) is 4.06. The maximum atomic E-state index is 14.2. The average molecular weight is 304 g/mol. The lowest BCUT2D eigenvalue weighted by atomic mass is 10.00. The van der Waals surface area contributed by atoms with Crippen LogP contribution in [-0.2, 0) is 0 Å². The van der Waals surface area contributed by atoms with Crippen LogP contribution < -0.4 is 11.3 Å². The minimum atomic E-state index is -0.212. The molecular formula is C17H21FN2S. The molecule has 2 rings (SSSR count). The molecular weight excluding hydrogens is 283 g/mol. The molecule has 0 aliphatic rings. The molecule has 2 aromatic carbocycles. The monoisotopic (exact) mass is 304 g/mol. The van der Waals surface area contributed by atoms with Crippen LogP contribution in [0.1, 0.15) is 28.3 Å². The van der Waals surface area contributed by atoms with Crippen LogP contribution in [0.4, 0.5) is 4.39 Å². The number of hydrazine groups is 1. The quantitative estimate of drug-likeness (QED) is 0.497. The molecule has 21 heavy (non-hydrogen) atoms. The molecule has 0 radical (unpaired) electrons. The van der Waals surface area contributed by atoms with Gasteiger partial charge in [-0.25, -0.2) is 4.39 Å². The highest BCUT2D eigenvalue weighted by atomic mass is 32.2. The molecule has 0 fully saturated rings. The summed E-state index contributed by atoms with van der Waals surface area (Å²) < 4.78 is 14.2. The number of thioether (sulfide) groups is 1. The SMILES string of the molecule is Cc1cccc(SCC(NN)c2c(C)cc(C)cc2F)c1. The van der Waals surface area contributed by atoms with Gasteiger partial charge in [0.15, 0.2) is 0 Å². The maximum Gasteiger partial charge on any atom is 0.128 e. The van der Waals surface area contributed by atoms with Gasteiger partial charge in [0.2, 0.25) is 0 Å². The Hall–Kier alpha value is -1.36. The van der Waals surface area contributed by atoms with Crippen LogP contribution in [0.15, 0.2) is 41.3 Å². The molecule has 0 aromatic heterocycles. The van der Waals surface area contributed by atoms with Gasteiger partial charge in [-0.2, -0.15) is 0 Å². The second kappa shape index (κ2) is 7.07. The van der Waals surface area contributed by atoms with E-state index in [9.17, 15) is 4.39 Å². The third-order valence-electron chi connectivity index (χ3n) is 3.44. The Balaban J connectivity index is 2.17. The standard InChI is InChI=1S/C17H21FN2S/c1-11-5-4-6-14(8-11)21-10-16(20-19)17-13(3)7-12(2)9-15(17)18/h4-9,16,20H,10,19H2,1-3H3. The molecule has 0 heterocycles. The lowest BCUT2D eigenvalue weighted by Crippen LogP contribution is -2.31. The van der Waals surface area contributed by atoms with Crippen LogP contribution >= 0.6 is 11.8 Å². The first-order chi connectivity index (χ1) is 10.0. The third-order valence-corrected chi connectivity index (χ3v) is 4.52. The summed E-state index contributed by atoms with van der Waals surface area (Å²) in [7, 11) is 0. The molecule has 1 unspecified atom stereocenters. The molecule has 0 saturated heterocycles. The van der Waals surface area contributed by atoms with Crippen LogP contribution in [0.2, 0.25) is 0 Å². The van der Waals surface area contributed by atoms with Gasteiger partial charge in [0.1, 0.15) is 5.82 Å². The molecule has 2 nitrogen and oxygen atoms in total. The Morgan fingerprint density at radius 1 is 1.14 bits per heavy atom. The second-order valence-electron chi connectivity index (χ2n) is 5.32. The lowest BCUT2D eigenvalue weighted by Gasteiger charge is -2.19. The summed E-state index contributed by atoms with van der Waals surface area (Å²) in [6, 6.07) is 11.6. The van der Waals surface area contributed by atoms with E-state index in [1.54, 1.807) is 17.8 Å². The van der Waals surface area contributed by atoms with E-state index in [-0.39, 0.29) is 11.9 Å². The molecule has 2 aromatic rings. The van der Waals surface area contributed by atoms with Gasteiger partial charge < -0.3 is 0 Å². The zero-order chi connectivity index (χ0) is 15.4. The summed E-state index contributed by atoms with van der Waals surface area (Å²) in [6.45, 7) is 5.88. The van der Waals surface area contributed by atoms with E-state index in [1.165, 1.54) is 10.5 Å². The van der Waals surface area contributed by atoms with Gasteiger partial charge >= 0.3 is 0 Å².